The third-order valence-corrected chi connectivity index (χ3v) is 1.69. The molecule has 16 heavy (non-hydrogen) atoms. The van der Waals surface area contributed by atoms with Gasteiger partial charge in [0.2, 0.25) is 12.3 Å². The Hall–Kier alpha value is -2.25. The molecule has 0 radical (unpaired) electrons. The minimum Gasteiger partial charge on any atom is -0.357 e. The van der Waals surface area contributed by atoms with Gasteiger partial charge in [-0.1, -0.05) is 0 Å². The third-order valence-electron chi connectivity index (χ3n) is 1.69. The van der Waals surface area contributed by atoms with Crippen molar-refractivity contribution in [1.82, 2.24) is 16.0 Å². The first-order valence-electron chi connectivity index (χ1n) is 4.35. The molecule has 88 valence electrons. The third kappa shape index (κ3) is 4.31. The van der Waals surface area contributed by atoms with E-state index in [1.807, 2.05) is 0 Å². The van der Waals surface area contributed by atoms with Gasteiger partial charge in [-0.15, -0.1) is 0 Å². The zero-order valence-corrected chi connectivity index (χ0v) is 8.66. The standard InChI is InChI=1S/C8H13N5O3/c1-11-8(16)6(13-4-14)3-12-7(15)5(10)2-9/h2,4,6,9-10H,3H2,1H3,(H,11,16)(H,12,15)(H,13,14). The summed E-state index contributed by atoms with van der Waals surface area (Å²) in [6.45, 7) is -0.145. The molecule has 0 rings (SSSR count). The van der Waals surface area contributed by atoms with Gasteiger partial charge < -0.3 is 21.4 Å². The first kappa shape index (κ1) is 13.8. The van der Waals surface area contributed by atoms with Gasteiger partial charge in [-0.3, -0.25) is 19.8 Å². The Morgan fingerprint density at radius 2 is 2.06 bits per heavy atom. The number of carbonyl (C=O) groups is 3. The normalized spacial score (nSPS) is 10.8. The summed E-state index contributed by atoms with van der Waals surface area (Å²) in [4.78, 5) is 32.4. The lowest BCUT2D eigenvalue weighted by Gasteiger charge is -2.14. The van der Waals surface area contributed by atoms with Crippen molar-refractivity contribution in [2.75, 3.05) is 13.6 Å². The van der Waals surface area contributed by atoms with Crippen molar-refractivity contribution in [1.29, 1.82) is 10.8 Å². The van der Waals surface area contributed by atoms with Gasteiger partial charge in [0.25, 0.3) is 5.91 Å². The van der Waals surface area contributed by atoms with Crippen LogP contribution in [0.15, 0.2) is 0 Å². The van der Waals surface area contributed by atoms with Gasteiger partial charge in [0.05, 0.1) is 0 Å². The van der Waals surface area contributed by atoms with Crippen molar-refractivity contribution in [3.8, 4) is 0 Å². The quantitative estimate of drug-likeness (QED) is 0.246. The van der Waals surface area contributed by atoms with Crippen molar-refractivity contribution in [2.45, 2.75) is 6.04 Å². The fourth-order valence-corrected chi connectivity index (χ4v) is 0.839. The lowest BCUT2D eigenvalue weighted by atomic mass is 10.2. The summed E-state index contributed by atoms with van der Waals surface area (Å²) in [5.41, 5.74) is -0.526. The average molecular weight is 227 g/mol. The predicted molar refractivity (Wildman–Crippen MR) is 56.6 cm³/mol. The molecule has 8 nitrogen and oxygen atoms in total. The summed E-state index contributed by atoms with van der Waals surface area (Å²) in [6, 6.07) is -0.898. The summed E-state index contributed by atoms with van der Waals surface area (Å²) in [5, 5.41) is 20.4. The van der Waals surface area contributed by atoms with Crippen LogP contribution < -0.4 is 16.0 Å². The first-order valence-corrected chi connectivity index (χ1v) is 4.35. The summed E-state index contributed by atoms with van der Waals surface area (Å²) in [5.74, 6) is -1.25. The van der Waals surface area contributed by atoms with E-state index < -0.39 is 23.6 Å². The molecule has 0 fully saturated rings. The maximum absolute atomic E-state index is 11.2. The molecule has 5 N–H and O–H groups in total. The van der Waals surface area contributed by atoms with E-state index >= 15 is 0 Å². The van der Waals surface area contributed by atoms with Crippen LogP contribution in [0.4, 0.5) is 0 Å². The Balaban J connectivity index is 4.26. The van der Waals surface area contributed by atoms with Crippen LogP contribution in [-0.4, -0.2) is 49.8 Å². The minimum absolute atomic E-state index is 0.145. The van der Waals surface area contributed by atoms with Gasteiger partial charge >= 0.3 is 0 Å². The van der Waals surface area contributed by atoms with Gasteiger partial charge in [-0.25, -0.2) is 0 Å². The molecule has 0 saturated carbocycles. The summed E-state index contributed by atoms with van der Waals surface area (Å²) < 4.78 is 0. The average Bonchev–Trinajstić information content (AvgIpc) is 2.31. The van der Waals surface area contributed by atoms with Crippen LogP contribution >= 0.6 is 0 Å². The highest BCUT2D eigenvalue weighted by Crippen LogP contribution is 1.81. The highest BCUT2D eigenvalue weighted by Gasteiger charge is 2.17. The molecule has 0 heterocycles. The predicted octanol–water partition coefficient (Wildman–Crippen LogP) is -2.37. The Bertz CT molecular complexity index is 315. The summed E-state index contributed by atoms with van der Waals surface area (Å²) in [7, 11) is 1.39. The highest BCUT2D eigenvalue weighted by atomic mass is 16.2. The van der Waals surface area contributed by atoms with E-state index in [1.165, 1.54) is 7.05 Å². The Morgan fingerprint density at radius 1 is 1.44 bits per heavy atom. The molecular weight excluding hydrogens is 214 g/mol. The molecule has 1 unspecified atom stereocenters. The summed E-state index contributed by atoms with van der Waals surface area (Å²) in [6.07, 6.45) is 0.922. The molecule has 0 aromatic rings. The van der Waals surface area contributed by atoms with E-state index in [0.29, 0.717) is 12.6 Å². The molecule has 0 aliphatic rings. The second kappa shape index (κ2) is 7.10. The molecule has 1 atom stereocenters. The molecule has 8 heteroatoms. The molecule has 0 aromatic heterocycles. The number of hydrogen-bond acceptors (Lipinski definition) is 5. The highest BCUT2D eigenvalue weighted by molar-refractivity contribution is 6.59. The Morgan fingerprint density at radius 3 is 2.50 bits per heavy atom. The van der Waals surface area contributed by atoms with Gasteiger partial charge in [0.15, 0.2) is 0 Å². The molecular formula is C8H13N5O3. The van der Waals surface area contributed by atoms with Gasteiger partial charge in [0.1, 0.15) is 11.8 Å². The van der Waals surface area contributed by atoms with E-state index in [1.54, 1.807) is 0 Å². The maximum Gasteiger partial charge on any atom is 0.270 e. The molecule has 0 spiro atoms. The maximum atomic E-state index is 11.2. The number of carbonyl (C=O) groups excluding carboxylic acids is 3. The van der Waals surface area contributed by atoms with Crippen LogP contribution in [0.3, 0.4) is 0 Å². The van der Waals surface area contributed by atoms with Crippen molar-refractivity contribution in [3.05, 3.63) is 0 Å². The first-order chi connectivity index (χ1) is 7.56. The molecule has 0 bridgehead atoms. The summed E-state index contributed by atoms with van der Waals surface area (Å²) >= 11 is 0. The van der Waals surface area contributed by atoms with Crippen LogP contribution in [0.1, 0.15) is 0 Å². The molecule has 0 aromatic carbocycles. The molecule has 0 aliphatic carbocycles. The van der Waals surface area contributed by atoms with Gasteiger partial charge in [-0.2, -0.15) is 0 Å². The number of hydrogen-bond donors (Lipinski definition) is 5. The van der Waals surface area contributed by atoms with Crippen LogP contribution in [0.5, 0.6) is 0 Å². The van der Waals surface area contributed by atoms with E-state index in [4.69, 9.17) is 10.8 Å². The zero-order chi connectivity index (χ0) is 12.6. The second-order valence-electron chi connectivity index (χ2n) is 2.72. The Labute approximate surface area is 91.8 Å². The van der Waals surface area contributed by atoms with Gasteiger partial charge in [-0.05, 0) is 0 Å². The number of nitrogens with one attached hydrogen (secondary N) is 5. The van der Waals surface area contributed by atoms with Crippen molar-refractivity contribution < 1.29 is 14.4 Å². The fourth-order valence-electron chi connectivity index (χ4n) is 0.839. The monoisotopic (exact) mass is 227 g/mol. The number of amides is 3. The number of likely N-dealkylation sites (N-methyl/N-ethyl adjacent to an activating group) is 1. The van der Waals surface area contributed by atoms with Crippen molar-refractivity contribution in [3.63, 3.8) is 0 Å². The zero-order valence-electron chi connectivity index (χ0n) is 8.66. The SMILES string of the molecule is CNC(=O)C(CNC(=O)C(=N)C=N)NC=O. The molecule has 0 saturated heterocycles. The fraction of sp³-hybridized carbons (Fsp3) is 0.375. The Kier molecular flexibility index (Phi) is 6.10. The van der Waals surface area contributed by atoms with Crippen LogP contribution in [0.25, 0.3) is 0 Å². The largest absolute Gasteiger partial charge is 0.357 e. The minimum atomic E-state index is -0.898. The van der Waals surface area contributed by atoms with E-state index in [9.17, 15) is 14.4 Å². The van der Waals surface area contributed by atoms with E-state index in [0.717, 1.165) is 0 Å². The van der Waals surface area contributed by atoms with Crippen LogP contribution in [-0.2, 0) is 14.4 Å². The van der Waals surface area contributed by atoms with Crippen molar-refractivity contribution >= 4 is 30.2 Å². The molecule has 0 aliphatic heterocycles. The lowest BCUT2D eigenvalue weighted by Crippen LogP contribution is -2.50. The smallest absolute Gasteiger partial charge is 0.270 e. The van der Waals surface area contributed by atoms with E-state index in [2.05, 4.69) is 16.0 Å². The van der Waals surface area contributed by atoms with E-state index in [-0.39, 0.29) is 6.54 Å². The topological polar surface area (TPSA) is 135 Å². The van der Waals surface area contributed by atoms with Crippen LogP contribution in [0, 0.1) is 10.8 Å². The van der Waals surface area contributed by atoms with Crippen LogP contribution in [0.2, 0.25) is 0 Å². The van der Waals surface area contributed by atoms with Gasteiger partial charge in [0, 0.05) is 19.8 Å². The molecule has 3 amide bonds. The second-order valence-corrected chi connectivity index (χ2v) is 2.72. The van der Waals surface area contributed by atoms with Crippen molar-refractivity contribution in [2.24, 2.45) is 0 Å². The number of rotatable bonds is 7. The lowest BCUT2D eigenvalue weighted by molar-refractivity contribution is -0.125.